The third-order valence-corrected chi connectivity index (χ3v) is 3.14. The number of carbonyl (C=O) groups excluding carboxylic acids is 3. The van der Waals surface area contributed by atoms with Crippen LogP contribution in [0.1, 0.15) is 18.6 Å². The van der Waals surface area contributed by atoms with Crippen LogP contribution in [-0.4, -0.2) is 52.4 Å². The highest BCUT2D eigenvalue weighted by Gasteiger charge is 2.24. The highest BCUT2D eigenvalue weighted by molar-refractivity contribution is 5.88. The SMILES string of the molecule is COc1ccc(C(O)C(=O)NNC(=O)N[C@H](C(N)=O)[C@@H](C)O)cc1O. The zero-order valence-electron chi connectivity index (χ0n) is 13.5. The highest BCUT2D eigenvalue weighted by atomic mass is 16.5. The molecule has 11 heteroatoms. The molecule has 1 unspecified atom stereocenters. The summed E-state index contributed by atoms with van der Waals surface area (Å²) in [5.74, 6) is -2.10. The average Bonchev–Trinajstić information content (AvgIpc) is 2.56. The summed E-state index contributed by atoms with van der Waals surface area (Å²) in [4.78, 5) is 34.4. The van der Waals surface area contributed by atoms with Gasteiger partial charge in [-0.2, -0.15) is 0 Å². The number of hydrogen-bond donors (Lipinski definition) is 7. The third kappa shape index (κ3) is 5.51. The van der Waals surface area contributed by atoms with Crippen LogP contribution in [0.3, 0.4) is 0 Å². The Morgan fingerprint density at radius 1 is 1.20 bits per heavy atom. The van der Waals surface area contributed by atoms with E-state index in [4.69, 9.17) is 10.5 Å². The van der Waals surface area contributed by atoms with E-state index >= 15 is 0 Å². The van der Waals surface area contributed by atoms with Gasteiger partial charge in [-0.25, -0.2) is 10.2 Å². The standard InChI is InChI=1S/C14H20N4O7/c1-6(19)10(12(15)22)16-14(24)18-17-13(23)11(21)7-3-4-9(25-2)8(20)5-7/h3-6,10-11,19-21H,1-2H3,(H2,15,22)(H,17,23)(H2,16,18,24)/t6-,10+,11?/m1/s1. The number of methoxy groups -OCH3 is 1. The minimum atomic E-state index is -1.69. The van der Waals surface area contributed by atoms with Crippen molar-refractivity contribution < 1.29 is 34.4 Å². The Bertz CT molecular complexity index is 650. The van der Waals surface area contributed by atoms with Gasteiger partial charge >= 0.3 is 6.03 Å². The van der Waals surface area contributed by atoms with E-state index in [1.165, 1.54) is 26.2 Å². The van der Waals surface area contributed by atoms with E-state index in [1.54, 1.807) is 0 Å². The monoisotopic (exact) mass is 356 g/mol. The lowest BCUT2D eigenvalue weighted by atomic mass is 10.1. The Balaban J connectivity index is 2.62. The number of aliphatic hydroxyl groups excluding tert-OH is 2. The van der Waals surface area contributed by atoms with Crippen molar-refractivity contribution in [3.63, 3.8) is 0 Å². The number of rotatable bonds is 6. The van der Waals surface area contributed by atoms with Crippen molar-refractivity contribution in [1.29, 1.82) is 0 Å². The molecule has 0 radical (unpaired) electrons. The van der Waals surface area contributed by atoms with E-state index in [0.29, 0.717) is 0 Å². The van der Waals surface area contributed by atoms with Crippen LogP contribution in [0, 0.1) is 0 Å². The van der Waals surface area contributed by atoms with E-state index in [1.807, 2.05) is 16.2 Å². The first-order valence-electron chi connectivity index (χ1n) is 7.06. The largest absolute Gasteiger partial charge is 0.504 e. The first-order chi connectivity index (χ1) is 11.7. The molecule has 0 bridgehead atoms. The van der Waals surface area contributed by atoms with Crippen molar-refractivity contribution in [3.8, 4) is 11.5 Å². The van der Waals surface area contributed by atoms with E-state index in [9.17, 15) is 29.7 Å². The van der Waals surface area contributed by atoms with Gasteiger partial charge in [-0.05, 0) is 24.6 Å². The molecule has 0 saturated heterocycles. The first kappa shape index (κ1) is 20.0. The predicted octanol–water partition coefficient (Wildman–Crippen LogP) is -2.00. The molecule has 3 atom stereocenters. The molecule has 25 heavy (non-hydrogen) atoms. The highest BCUT2D eigenvalue weighted by Crippen LogP contribution is 2.28. The van der Waals surface area contributed by atoms with Crippen molar-refractivity contribution in [3.05, 3.63) is 23.8 Å². The van der Waals surface area contributed by atoms with Gasteiger partial charge in [-0.1, -0.05) is 6.07 Å². The van der Waals surface area contributed by atoms with Gasteiger partial charge in [0.25, 0.3) is 5.91 Å². The molecule has 0 spiro atoms. The van der Waals surface area contributed by atoms with E-state index in [0.717, 1.165) is 6.07 Å². The van der Waals surface area contributed by atoms with Crippen LogP contribution in [-0.2, 0) is 9.59 Å². The maximum absolute atomic E-state index is 11.8. The molecular formula is C14H20N4O7. The van der Waals surface area contributed by atoms with E-state index < -0.39 is 36.1 Å². The Morgan fingerprint density at radius 3 is 2.32 bits per heavy atom. The second kappa shape index (κ2) is 8.70. The molecule has 11 nitrogen and oxygen atoms in total. The van der Waals surface area contributed by atoms with Crippen molar-refractivity contribution >= 4 is 17.8 Å². The number of nitrogens with two attached hydrogens (primary N) is 1. The van der Waals surface area contributed by atoms with Gasteiger partial charge in [-0.3, -0.25) is 15.0 Å². The summed E-state index contributed by atoms with van der Waals surface area (Å²) < 4.78 is 4.84. The molecule has 0 heterocycles. The van der Waals surface area contributed by atoms with Crippen LogP contribution in [0.25, 0.3) is 0 Å². The molecule has 1 aromatic carbocycles. The molecular weight excluding hydrogens is 336 g/mol. The fourth-order valence-electron chi connectivity index (χ4n) is 1.82. The number of carbonyl (C=O) groups is 3. The van der Waals surface area contributed by atoms with Gasteiger partial charge < -0.3 is 31.1 Å². The second-order valence-corrected chi connectivity index (χ2v) is 5.04. The number of phenols is 1. The fourth-order valence-corrected chi connectivity index (χ4v) is 1.82. The molecule has 0 aliphatic rings. The normalized spacial score (nSPS) is 13.9. The van der Waals surface area contributed by atoms with Crippen molar-refractivity contribution in [2.75, 3.05) is 7.11 Å². The van der Waals surface area contributed by atoms with E-state index in [2.05, 4.69) is 0 Å². The van der Waals surface area contributed by atoms with Crippen LogP contribution in [0.15, 0.2) is 18.2 Å². The average molecular weight is 356 g/mol. The number of benzene rings is 1. The molecule has 0 saturated carbocycles. The maximum atomic E-state index is 11.8. The van der Waals surface area contributed by atoms with Crippen LogP contribution >= 0.6 is 0 Å². The molecule has 0 aliphatic carbocycles. The van der Waals surface area contributed by atoms with Gasteiger partial charge in [-0.15, -0.1) is 0 Å². The number of primary amides is 1. The number of aromatic hydroxyl groups is 1. The number of urea groups is 1. The molecule has 1 rings (SSSR count). The molecule has 8 N–H and O–H groups in total. The number of amides is 4. The molecule has 0 fully saturated rings. The fraction of sp³-hybridized carbons (Fsp3) is 0.357. The van der Waals surface area contributed by atoms with Crippen LogP contribution < -0.4 is 26.6 Å². The summed E-state index contributed by atoms with van der Waals surface area (Å²) in [5, 5.41) is 30.9. The minimum absolute atomic E-state index is 0.0528. The van der Waals surface area contributed by atoms with Crippen LogP contribution in [0.5, 0.6) is 11.5 Å². The summed E-state index contributed by atoms with van der Waals surface area (Å²) in [7, 11) is 1.34. The molecule has 4 amide bonds. The minimum Gasteiger partial charge on any atom is -0.504 e. The van der Waals surface area contributed by atoms with Gasteiger partial charge in [0, 0.05) is 0 Å². The van der Waals surface area contributed by atoms with Gasteiger partial charge in [0.1, 0.15) is 6.04 Å². The van der Waals surface area contributed by atoms with Gasteiger partial charge in [0.15, 0.2) is 17.6 Å². The first-order valence-corrected chi connectivity index (χ1v) is 7.06. The number of ether oxygens (including phenoxy) is 1. The summed E-state index contributed by atoms with van der Waals surface area (Å²) in [5.41, 5.74) is 8.86. The predicted molar refractivity (Wildman–Crippen MR) is 84.1 cm³/mol. The number of phenolic OH excluding ortho intramolecular Hbond substituents is 1. The Kier molecular flexibility index (Phi) is 6.96. The Hall–Kier alpha value is -3.05. The molecule has 0 aliphatic heterocycles. The number of aliphatic hydroxyl groups is 2. The third-order valence-electron chi connectivity index (χ3n) is 3.14. The lowest BCUT2D eigenvalue weighted by molar-refractivity contribution is -0.130. The van der Waals surface area contributed by atoms with Crippen molar-refractivity contribution in [1.82, 2.24) is 16.2 Å². The second-order valence-electron chi connectivity index (χ2n) is 5.04. The smallest absolute Gasteiger partial charge is 0.334 e. The zero-order valence-corrected chi connectivity index (χ0v) is 13.5. The quantitative estimate of drug-likeness (QED) is 0.287. The number of nitrogens with one attached hydrogen (secondary N) is 3. The number of hydrazine groups is 1. The summed E-state index contributed by atoms with van der Waals surface area (Å²) in [6.07, 6.45) is -2.94. The molecule has 1 aromatic rings. The summed E-state index contributed by atoms with van der Waals surface area (Å²) in [6, 6.07) is 1.43. The zero-order chi connectivity index (χ0) is 19.1. The lowest BCUT2D eigenvalue weighted by Gasteiger charge is -2.19. The Labute approximate surface area is 142 Å². The summed E-state index contributed by atoms with van der Waals surface area (Å²) >= 11 is 0. The Morgan fingerprint density at radius 2 is 1.84 bits per heavy atom. The topological polar surface area (TPSA) is 183 Å². The molecule has 138 valence electrons. The molecule has 0 aromatic heterocycles. The van der Waals surface area contributed by atoms with E-state index in [-0.39, 0.29) is 17.1 Å². The van der Waals surface area contributed by atoms with Crippen LogP contribution in [0.2, 0.25) is 0 Å². The van der Waals surface area contributed by atoms with Crippen molar-refractivity contribution in [2.45, 2.75) is 25.2 Å². The lowest BCUT2D eigenvalue weighted by Crippen LogP contribution is -2.56. The van der Waals surface area contributed by atoms with Gasteiger partial charge in [0.05, 0.1) is 13.2 Å². The number of hydrogen-bond acceptors (Lipinski definition) is 7. The van der Waals surface area contributed by atoms with Crippen LogP contribution in [0.4, 0.5) is 4.79 Å². The summed E-state index contributed by atoms with van der Waals surface area (Å²) in [6.45, 7) is 1.24. The maximum Gasteiger partial charge on any atom is 0.334 e. The van der Waals surface area contributed by atoms with Gasteiger partial charge in [0.2, 0.25) is 5.91 Å². The van der Waals surface area contributed by atoms with Crippen molar-refractivity contribution in [2.24, 2.45) is 5.73 Å².